The number of hydrogen-bond donors (Lipinski definition) is 3. The predicted molar refractivity (Wildman–Crippen MR) is 184 cm³/mol. The zero-order valence-electron chi connectivity index (χ0n) is 29.2. The van der Waals surface area contributed by atoms with Crippen LogP contribution in [0.2, 0.25) is 0 Å². The van der Waals surface area contributed by atoms with E-state index in [1.807, 2.05) is 34.7 Å². The highest BCUT2D eigenvalue weighted by Crippen LogP contribution is 2.33. The molecule has 1 aliphatic carbocycles. The molecule has 2 heterocycles. The van der Waals surface area contributed by atoms with Crippen LogP contribution in [0.1, 0.15) is 90.7 Å². The van der Waals surface area contributed by atoms with Gasteiger partial charge in [-0.15, -0.1) is 0 Å². The summed E-state index contributed by atoms with van der Waals surface area (Å²) in [5, 5.41) is 12.8. The van der Waals surface area contributed by atoms with E-state index < -0.39 is 35.8 Å². The zero-order chi connectivity index (χ0) is 35.0. The molecule has 1 saturated heterocycles. The third-order valence-electron chi connectivity index (χ3n) is 9.50. The first-order valence-corrected chi connectivity index (χ1v) is 17.3. The SMILES string of the molecule is CC(C)NC(=O)N[C@@H](C(=O)N1CCN(C)CC1)[C@@H](C)c1ccc(NC(=O)[C@H](C2CCCCCC2)N(C=O)c2ccnn2C(C)C)c(F)c1. The minimum Gasteiger partial charge on any atom is -0.338 e. The Balaban J connectivity index is 1.59. The lowest BCUT2D eigenvalue weighted by Crippen LogP contribution is -2.57. The quantitative estimate of drug-likeness (QED) is 0.226. The van der Waals surface area contributed by atoms with E-state index in [0.29, 0.717) is 30.9 Å². The van der Waals surface area contributed by atoms with Crippen molar-refractivity contribution in [2.45, 2.75) is 103 Å². The van der Waals surface area contributed by atoms with Crippen molar-refractivity contribution in [2.24, 2.45) is 5.92 Å². The second-order valence-corrected chi connectivity index (χ2v) is 13.8. The molecule has 48 heavy (non-hydrogen) atoms. The molecule has 13 heteroatoms. The third kappa shape index (κ3) is 9.12. The van der Waals surface area contributed by atoms with Gasteiger partial charge in [-0.05, 0) is 71.2 Å². The van der Waals surface area contributed by atoms with E-state index in [2.05, 4.69) is 25.9 Å². The molecule has 0 bridgehead atoms. The molecule has 2 aliphatic rings. The van der Waals surface area contributed by atoms with Gasteiger partial charge in [0.25, 0.3) is 0 Å². The number of carbonyl (C=O) groups is 4. The topological polar surface area (TPSA) is 132 Å². The van der Waals surface area contributed by atoms with Gasteiger partial charge in [-0.2, -0.15) is 5.10 Å². The second-order valence-electron chi connectivity index (χ2n) is 13.8. The molecule has 0 spiro atoms. The number of hydrogen-bond acceptors (Lipinski definition) is 6. The maximum absolute atomic E-state index is 15.9. The zero-order valence-corrected chi connectivity index (χ0v) is 29.2. The van der Waals surface area contributed by atoms with Crippen LogP contribution in [0.3, 0.4) is 0 Å². The van der Waals surface area contributed by atoms with Crippen molar-refractivity contribution in [2.75, 3.05) is 43.4 Å². The molecule has 0 radical (unpaired) electrons. The highest BCUT2D eigenvalue weighted by atomic mass is 19.1. The molecule has 2 aromatic rings. The van der Waals surface area contributed by atoms with Crippen molar-refractivity contribution in [3.8, 4) is 0 Å². The van der Waals surface area contributed by atoms with Gasteiger partial charge in [0, 0.05) is 50.2 Å². The van der Waals surface area contributed by atoms with Gasteiger partial charge in [-0.3, -0.25) is 19.3 Å². The number of nitrogens with zero attached hydrogens (tertiary/aromatic N) is 5. The minimum absolute atomic E-state index is 0.0229. The summed E-state index contributed by atoms with van der Waals surface area (Å²) in [4.78, 5) is 58.5. The van der Waals surface area contributed by atoms with Crippen molar-refractivity contribution >= 4 is 35.8 Å². The molecule has 1 saturated carbocycles. The molecule has 4 rings (SSSR count). The van der Waals surface area contributed by atoms with Crippen LogP contribution in [-0.2, 0) is 14.4 Å². The molecule has 3 atom stereocenters. The maximum Gasteiger partial charge on any atom is 0.315 e. The Morgan fingerprint density at radius 1 is 0.958 bits per heavy atom. The van der Waals surface area contributed by atoms with E-state index in [1.165, 1.54) is 17.0 Å². The molecule has 2 fully saturated rings. The number of aromatic nitrogens is 2. The fraction of sp³-hybridized carbons (Fsp3) is 0.629. The van der Waals surface area contributed by atoms with E-state index in [-0.39, 0.29) is 29.6 Å². The minimum atomic E-state index is -0.932. The van der Waals surface area contributed by atoms with Crippen LogP contribution in [0.5, 0.6) is 0 Å². The summed E-state index contributed by atoms with van der Waals surface area (Å²) in [5.74, 6) is -1.54. The number of halogens is 1. The Kier molecular flexibility index (Phi) is 13.0. The number of anilines is 2. The predicted octanol–water partition coefficient (Wildman–Crippen LogP) is 4.50. The third-order valence-corrected chi connectivity index (χ3v) is 9.50. The normalized spacial score (nSPS) is 18.1. The largest absolute Gasteiger partial charge is 0.338 e. The van der Waals surface area contributed by atoms with Crippen LogP contribution in [0.25, 0.3) is 0 Å². The van der Waals surface area contributed by atoms with Crippen molar-refractivity contribution < 1.29 is 23.6 Å². The standard InChI is InChI=1S/C35H53FN8O4/c1-23(2)38-35(48)40-31(34(47)42-19-17-41(6)18-20-42)25(5)27-13-14-29(28(36)21-27)39-33(46)32(26-11-9-7-8-10-12-26)43(22-45)30-15-16-37-44(30)24(3)4/h13-16,21-26,31-32H,7-12,17-20H2,1-6H3,(H,39,46)(H2,38,40,48)/t25-,31+,32-/m0/s1. The van der Waals surface area contributed by atoms with Gasteiger partial charge in [-0.1, -0.05) is 38.7 Å². The van der Waals surface area contributed by atoms with E-state index in [0.717, 1.165) is 51.6 Å². The van der Waals surface area contributed by atoms with Crippen LogP contribution in [0, 0.1) is 11.7 Å². The van der Waals surface area contributed by atoms with Crippen molar-refractivity contribution in [3.05, 3.63) is 41.8 Å². The summed E-state index contributed by atoms with van der Waals surface area (Å²) < 4.78 is 17.6. The van der Waals surface area contributed by atoms with Crippen LogP contribution < -0.4 is 20.9 Å². The summed E-state index contributed by atoms with van der Waals surface area (Å²) >= 11 is 0. The fourth-order valence-corrected chi connectivity index (χ4v) is 6.75. The van der Waals surface area contributed by atoms with Gasteiger partial charge in [-0.25, -0.2) is 13.9 Å². The number of amides is 5. The summed E-state index contributed by atoms with van der Waals surface area (Å²) in [6, 6.07) is 3.73. The lowest BCUT2D eigenvalue weighted by Gasteiger charge is -2.36. The summed E-state index contributed by atoms with van der Waals surface area (Å²) in [6.45, 7) is 11.8. The molecule has 5 amide bonds. The van der Waals surface area contributed by atoms with Gasteiger partial charge in [0.05, 0.1) is 11.9 Å². The van der Waals surface area contributed by atoms with Crippen molar-refractivity contribution in [1.29, 1.82) is 0 Å². The van der Waals surface area contributed by atoms with E-state index in [9.17, 15) is 19.2 Å². The van der Waals surface area contributed by atoms with Crippen LogP contribution in [0.4, 0.5) is 20.7 Å². The highest BCUT2D eigenvalue weighted by Gasteiger charge is 2.37. The molecule has 1 aromatic carbocycles. The molecule has 12 nitrogen and oxygen atoms in total. The Labute approximate surface area is 283 Å². The average Bonchev–Trinajstić information content (AvgIpc) is 3.38. The summed E-state index contributed by atoms with van der Waals surface area (Å²) in [6.07, 6.45) is 7.86. The number of piperazine rings is 1. The average molecular weight is 669 g/mol. The first kappa shape index (κ1) is 36.8. The smallest absolute Gasteiger partial charge is 0.315 e. The summed E-state index contributed by atoms with van der Waals surface area (Å²) in [5.41, 5.74) is 0.476. The Morgan fingerprint density at radius 3 is 2.21 bits per heavy atom. The van der Waals surface area contributed by atoms with Gasteiger partial charge in [0.2, 0.25) is 18.2 Å². The van der Waals surface area contributed by atoms with Crippen LogP contribution >= 0.6 is 0 Å². The number of rotatable bonds is 12. The lowest BCUT2D eigenvalue weighted by atomic mass is 9.89. The Bertz CT molecular complexity index is 1400. The number of urea groups is 1. The second kappa shape index (κ2) is 16.9. The van der Waals surface area contributed by atoms with Gasteiger partial charge in [0.1, 0.15) is 23.7 Å². The highest BCUT2D eigenvalue weighted by molar-refractivity contribution is 6.00. The number of nitrogens with one attached hydrogen (secondary N) is 3. The number of likely N-dealkylation sites (N-methyl/N-ethyl adjacent to an activating group) is 1. The Morgan fingerprint density at radius 2 is 1.62 bits per heavy atom. The maximum atomic E-state index is 15.9. The Hall–Kier alpha value is -4.00. The lowest BCUT2D eigenvalue weighted by molar-refractivity contribution is -0.135. The van der Waals surface area contributed by atoms with Crippen molar-refractivity contribution in [3.63, 3.8) is 0 Å². The monoisotopic (exact) mass is 668 g/mol. The van der Waals surface area contributed by atoms with Gasteiger partial charge >= 0.3 is 6.03 Å². The molecule has 3 N–H and O–H groups in total. The van der Waals surface area contributed by atoms with Crippen LogP contribution in [0.15, 0.2) is 30.5 Å². The number of carbonyl (C=O) groups excluding carboxylic acids is 4. The van der Waals surface area contributed by atoms with E-state index in [1.54, 1.807) is 34.8 Å². The molecule has 1 aliphatic heterocycles. The van der Waals surface area contributed by atoms with E-state index >= 15 is 4.39 Å². The molecule has 264 valence electrons. The first-order chi connectivity index (χ1) is 22.9. The van der Waals surface area contributed by atoms with E-state index in [4.69, 9.17) is 0 Å². The molecular weight excluding hydrogens is 615 g/mol. The van der Waals surface area contributed by atoms with Gasteiger partial charge in [0.15, 0.2) is 0 Å². The van der Waals surface area contributed by atoms with Gasteiger partial charge < -0.3 is 25.8 Å². The summed E-state index contributed by atoms with van der Waals surface area (Å²) in [7, 11) is 2.00. The molecule has 1 aromatic heterocycles. The molecular formula is C35H53FN8O4. The number of benzene rings is 1. The fourth-order valence-electron chi connectivity index (χ4n) is 6.75. The molecule has 0 unspecified atom stereocenters. The van der Waals surface area contributed by atoms with Crippen LogP contribution in [-0.4, -0.2) is 95.2 Å². The first-order valence-electron chi connectivity index (χ1n) is 17.3. The van der Waals surface area contributed by atoms with Crippen molar-refractivity contribution in [1.82, 2.24) is 30.2 Å².